The molecule has 1 saturated heterocycles. The fraction of sp³-hybridized carbons (Fsp3) is 0.333. The Labute approximate surface area is 272 Å². The van der Waals surface area contributed by atoms with Crippen LogP contribution in [-0.4, -0.2) is 57.6 Å². The standard InChI is InChI=1S/C39H44N2O5/c1-29-26-40(22-20-39(29,2)33-16-10-17-34(42)25-33)21-19-37(43)41(36(38(44)45)24-30-11-5-3-6-12-30)27-32-15-9-18-35(23-32)46-28-31-13-7-4-8-14-31/h3-18,23,25,29,36,42H,19-22,24,26-28H2,1-2H3,(H,44,45)/t29-,36-,39+/m0/s1. The van der Waals surface area contributed by atoms with Crippen LogP contribution in [0.25, 0.3) is 0 Å². The average Bonchev–Trinajstić information content (AvgIpc) is 3.07. The van der Waals surface area contributed by atoms with Crippen LogP contribution in [0.15, 0.2) is 109 Å². The van der Waals surface area contributed by atoms with Crippen LogP contribution < -0.4 is 4.74 Å². The normalized spacial score (nSPS) is 18.9. The lowest BCUT2D eigenvalue weighted by atomic mass is 9.68. The molecule has 240 valence electrons. The van der Waals surface area contributed by atoms with Crippen molar-refractivity contribution >= 4 is 11.9 Å². The lowest BCUT2D eigenvalue weighted by Crippen LogP contribution is -2.49. The zero-order valence-corrected chi connectivity index (χ0v) is 26.7. The number of carbonyl (C=O) groups excluding carboxylic acids is 1. The van der Waals surface area contributed by atoms with Crippen molar-refractivity contribution in [3.63, 3.8) is 0 Å². The number of piperidine rings is 1. The van der Waals surface area contributed by atoms with Crippen molar-refractivity contribution in [1.29, 1.82) is 0 Å². The summed E-state index contributed by atoms with van der Waals surface area (Å²) in [5.74, 6) is 0.0318. The number of hydrogen-bond donors (Lipinski definition) is 2. The monoisotopic (exact) mass is 620 g/mol. The Morgan fingerprint density at radius 2 is 1.59 bits per heavy atom. The molecule has 1 heterocycles. The van der Waals surface area contributed by atoms with Crippen LogP contribution in [-0.2, 0) is 34.6 Å². The second kappa shape index (κ2) is 15.1. The summed E-state index contributed by atoms with van der Waals surface area (Å²) in [4.78, 5) is 30.5. The predicted octanol–water partition coefficient (Wildman–Crippen LogP) is 6.69. The molecule has 1 aliphatic rings. The first kappa shape index (κ1) is 32.8. The molecule has 0 aliphatic carbocycles. The van der Waals surface area contributed by atoms with E-state index >= 15 is 0 Å². The number of carboxylic acids is 1. The van der Waals surface area contributed by atoms with Crippen molar-refractivity contribution < 1.29 is 24.5 Å². The molecular weight excluding hydrogens is 576 g/mol. The predicted molar refractivity (Wildman–Crippen MR) is 180 cm³/mol. The van der Waals surface area contributed by atoms with Gasteiger partial charge in [-0.15, -0.1) is 0 Å². The number of ether oxygens (including phenoxy) is 1. The van der Waals surface area contributed by atoms with Crippen LogP contribution >= 0.6 is 0 Å². The van der Waals surface area contributed by atoms with Crippen LogP contribution in [0, 0.1) is 5.92 Å². The van der Waals surface area contributed by atoms with Gasteiger partial charge >= 0.3 is 5.97 Å². The van der Waals surface area contributed by atoms with Gasteiger partial charge in [0.1, 0.15) is 24.1 Å². The Morgan fingerprint density at radius 1 is 0.913 bits per heavy atom. The molecule has 5 rings (SSSR count). The lowest BCUT2D eigenvalue weighted by molar-refractivity contribution is -0.151. The number of likely N-dealkylation sites (tertiary alicyclic amines) is 1. The third kappa shape index (κ3) is 8.34. The zero-order chi connectivity index (χ0) is 32.5. The van der Waals surface area contributed by atoms with Crippen LogP contribution in [0.2, 0.25) is 0 Å². The smallest absolute Gasteiger partial charge is 0.326 e. The molecule has 7 nitrogen and oxygen atoms in total. The molecule has 4 aromatic rings. The van der Waals surface area contributed by atoms with Crippen LogP contribution in [0.5, 0.6) is 11.5 Å². The van der Waals surface area contributed by atoms with Gasteiger partial charge in [-0.05, 0) is 70.8 Å². The highest BCUT2D eigenvalue weighted by molar-refractivity contribution is 5.84. The number of nitrogens with zero attached hydrogens (tertiary/aromatic N) is 2. The fourth-order valence-corrected chi connectivity index (χ4v) is 6.42. The van der Waals surface area contributed by atoms with Gasteiger partial charge in [0.25, 0.3) is 0 Å². The van der Waals surface area contributed by atoms with E-state index < -0.39 is 12.0 Å². The minimum Gasteiger partial charge on any atom is -0.508 e. The molecule has 1 aliphatic heterocycles. The highest BCUT2D eigenvalue weighted by Crippen LogP contribution is 2.40. The van der Waals surface area contributed by atoms with Crippen molar-refractivity contribution in [2.75, 3.05) is 19.6 Å². The number of phenolic OH excluding ortho intramolecular Hbond substituents is 1. The van der Waals surface area contributed by atoms with Gasteiger partial charge in [0.15, 0.2) is 0 Å². The molecule has 0 unspecified atom stereocenters. The van der Waals surface area contributed by atoms with Gasteiger partial charge in [-0.2, -0.15) is 0 Å². The summed E-state index contributed by atoms with van der Waals surface area (Å²) < 4.78 is 6.03. The Kier molecular flexibility index (Phi) is 10.8. The van der Waals surface area contributed by atoms with Crippen molar-refractivity contribution in [3.8, 4) is 11.5 Å². The largest absolute Gasteiger partial charge is 0.508 e. The number of aliphatic carboxylic acids is 1. The molecule has 0 bridgehead atoms. The van der Waals surface area contributed by atoms with E-state index in [1.54, 1.807) is 6.07 Å². The van der Waals surface area contributed by atoms with Crippen molar-refractivity contribution in [2.45, 2.75) is 57.7 Å². The van der Waals surface area contributed by atoms with Gasteiger partial charge in [0.2, 0.25) is 5.91 Å². The highest BCUT2D eigenvalue weighted by atomic mass is 16.5. The van der Waals surface area contributed by atoms with Crippen LogP contribution in [0.3, 0.4) is 0 Å². The maximum Gasteiger partial charge on any atom is 0.326 e. The van der Waals surface area contributed by atoms with E-state index in [1.165, 1.54) is 4.90 Å². The SMILES string of the molecule is C[C@H]1CN(CCC(=O)N(Cc2cccc(OCc3ccccc3)c2)[C@@H](Cc2ccccc2)C(=O)O)CC[C@@]1(C)c1cccc(O)c1. The number of hydrogen-bond acceptors (Lipinski definition) is 5. The average molecular weight is 621 g/mol. The van der Waals surface area contributed by atoms with Gasteiger partial charge in [-0.3, -0.25) is 4.79 Å². The Hall–Kier alpha value is -4.62. The number of phenols is 1. The summed E-state index contributed by atoms with van der Waals surface area (Å²) in [7, 11) is 0. The van der Waals surface area contributed by atoms with Gasteiger partial charge < -0.3 is 24.7 Å². The van der Waals surface area contributed by atoms with Crippen molar-refractivity contribution in [2.24, 2.45) is 5.92 Å². The molecule has 1 amide bonds. The summed E-state index contributed by atoms with van der Waals surface area (Å²) >= 11 is 0. The third-order valence-electron chi connectivity index (χ3n) is 9.47. The molecular formula is C39H44N2O5. The molecule has 0 radical (unpaired) electrons. The number of rotatable bonds is 13. The van der Waals surface area contributed by atoms with E-state index in [1.807, 2.05) is 97.1 Å². The molecule has 1 fully saturated rings. The second-order valence-corrected chi connectivity index (χ2v) is 12.7. The van der Waals surface area contributed by atoms with Crippen LogP contribution in [0.1, 0.15) is 48.9 Å². The first-order valence-corrected chi connectivity index (χ1v) is 16.0. The Bertz CT molecular complexity index is 1590. The van der Waals surface area contributed by atoms with E-state index in [0.717, 1.165) is 41.8 Å². The maximum atomic E-state index is 14.0. The molecule has 46 heavy (non-hydrogen) atoms. The van der Waals surface area contributed by atoms with Gasteiger partial charge in [-0.1, -0.05) is 98.8 Å². The molecule has 2 N–H and O–H groups in total. The minimum absolute atomic E-state index is 0.0804. The van der Waals surface area contributed by atoms with Crippen molar-refractivity contribution in [3.05, 3.63) is 131 Å². The van der Waals surface area contributed by atoms with Gasteiger partial charge in [-0.25, -0.2) is 4.79 Å². The minimum atomic E-state index is -1.03. The molecule has 3 atom stereocenters. The number of carbonyl (C=O) groups is 2. The van der Waals surface area contributed by atoms with E-state index in [2.05, 4.69) is 24.8 Å². The number of amides is 1. The molecule has 0 saturated carbocycles. The lowest BCUT2D eigenvalue weighted by Gasteiger charge is -2.45. The first-order chi connectivity index (χ1) is 22.2. The summed E-state index contributed by atoms with van der Waals surface area (Å²) in [5, 5.41) is 20.5. The van der Waals surface area contributed by atoms with E-state index in [4.69, 9.17) is 4.74 Å². The topological polar surface area (TPSA) is 90.3 Å². The molecule has 4 aromatic carbocycles. The van der Waals surface area contributed by atoms with Gasteiger partial charge in [0, 0.05) is 32.5 Å². The molecule has 0 aromatic heterocycles. The Balaban J connectivity index is 1.29. The number of carboxylic acid groups (broad SMARTS) is 1. The second-order valence-electron chi connectivity index (χ2n) is 12.7. The van der Waals surface area contributed by atoms with E-state index in [-0.39, 0.29) is 36.5 Å². The zero-order valence-electron chi connectivity index (χ0n) is 26.7. The highest BCUT2D eigenvalue weighted by Gasteiger charge is 2.38. The number of aromatic hydroxyl groups is 1. The maximum absolute atomic E-state index is 14.0. The van der Waals surface area contributed by atoms with Crippen LogP contribution in [0.4, 0.5) is 0 Å². The summed E-state index contributed by atoms with van der Waals surface area (Å²) in [6.45, 7) is 7.22. The summed E-state index contributed by atoms with van der Waals surface area (Å²) in [5.41, 5.74) is 3.77. The Morgan fingerprint density at radius 3 is 2.26 bits per heavy atom. The summed E-state index contributed by atoms with van der Waals surface area (Å²) in [6, 6.07) is 33.4. The van der Waals surface area contributed by atoms with E-state index in [9.17, 15) is 19.8 Å². The van der Waals surface area contributed by atoms with Crippen molar-refractivity contribution in [1.82, 2.24) is 9.80 Å². The summed E-state index contributed by atoms with van der Waals surface area (Å²) in [6.07, 6.45) is 1.34. The molecule has 0 spiro atoms. The quantitative estimate of drug-likeness (QED) is 0.173. The fourth-order valence-electron chi connectivity index (χ4n) is 6.42. The first-order valence-electron chi connectivity index (χ1n) is 16.0. The third-order valence-corrected chi connectivity index (χ3v) is 9.47. The number of benzene rings is 4. The molecule has 7 heteroatoms. The van der Waals surface area contributed by atoms with Gasteiger partial charge in [0.05, 0.1) is 0 Å². The van der Waals surface area contributed by atoms with E-state index in [0.29, 0.717) is 24.8 Å².